The van der Waals surface area contributed by atoms with Gasteiger partial charge in [0.15, 0.2) is 0 Å². The van der Waals surface area contributed by atoms with Crippen LogP contribution in [0.1, 0.15) is 26.2 Å². The highest BCUT2D eigenvalue weighted by Gasteiger charge is 2.28. The molecule has 2 unspecified atom stereocenters. The van der Waals surface area contributed by atoms with Gasteiger partial charge in [-0.05, 0) is 24.7 Å². The summed E-state index contributed by atoms with van der Waals surface area (Å²) in [4.78, 5) is 0. The van der Waals surface area contributed by atoms with Gasteiger partial charge in [-0.25, -0.2) is 0 Å². The number of methoxy groups -OCH3 is 1. The molecule has 0 aromatic carbocycles. The Hall–Kier alpha value is -0.160. The van der Waals surface area contributed by atoms with Gasteiger partial charge >= 0.3 is 0 Å². The Morgan fingerprint density at radius 3 is 2.82 bits per heavy atom. The van der Waals surface area contributed by atoms with Crippen LogP contribution >= 0.6 is 0 Å². The molecule has 0 aliphatic carbocycles. The minimum Gasteiger partial charge on any atom is -0.381 e. The van der Waals surface area contributed by atoms with E-state index in [0.29, 0.717) is 17.6 Å². The Balaban J connectivity index is 1.62. The summed E-state index contributed by atoms with van der Waals surface area (Å²) in [6, 6.07) is 0.573. The first kappa shape index (κ1) is 13.3. The van der Waals surface area contributed by atoms with Crippen molar-refractivity contribution in [2.75, 3.05) is 40.0 Å². The van der Waals surface area contributed by atoms with Crippen molar-refractivity contribution in [3.8, 4) is 0 Å². The SMILES string of the molecule is COC1CNC(CNCC2(C)CCOCC2)C1. The monoisotopic (exact) mass is 242 g/mol. The quantitative estimate of drug-likeness (QED) is 0.747. The molecule has 0 aromatic rings. The van der Waals surface area contributed by atoms with Crippen molar-refractivity contribution in [1.82, 2.24) is 10.6 Å². The van der Waals surface area contributed by atoms with Crippen LogP contribution in [-0.2, 0) is 9.47 Å². The number of nitrogens with one attached hydrogen (secondary N) is 2. The van der Waals surface area contributed by atoms with E-state index in [1.165, 1.54) is 12.8 Å². The Morgan fingerprint density at radius 2 is 2.18 bits per heavy atom. The maximum Gasteiger partial charge on any atom is 0.0711 e. The lowest BCUT2D eigenvalue weighted by Gasteiger charge is -2.34. The van der Waals surface area contributed by atoms with Crippen molar-refractivity contribution >= 4 is 0 Å². The van der Waals surface area contributed by atoms with Crippen LogP contribution in [0.2, 0.25) is 0 Å². The van der Waals surface area contributed by atoms with E-state index in [0.717, 1.165) is 39.3 Å². The van der Waals surface area contributed by atoms with E-state index < -0.39 is 0 Å². The van der Waals surface area contributed by atoms with Crippen LogP contribution in [0.25, 0.3) is 0 Å². The van der Waals surface area contributed by atoms with Gasteiger partial charge in [-0.3, -0.25) is 0 Å². The third-order valence-electron chi connectivity index (χ3n) is 4.16. The van der Waals surface area contributed by atoms with Gasteiger partial charge in [-0.1, -0.05) is 6.92 Å². The molecule has 2 fully saturated rings. The molecule has 2 heterocycles. The average molecular weight is 242 g/mol. The zero-order valence-corrected chi connectivity index (χ0v) is 11.1. The van der Waals surface area contributed by atoms with Crippen molar-refractivity contribution in [1.29, 1.82) is 0 Å². The molecule has 0 amide bonds. The Bertz CT molecular complexity index is 229. The first-order valence-electron chi connectivity index (χ1n) is 6.76. The van der Waals surface area contributed by atoms with E-state index in [1.54, 1.807) is 7.11 Å². The molecular formula is C13H26N2O2. The van der Waals surface area contributed by atoms with E-state index in [2.05, 4.69) is 17.6 Å². The number of rotatable bonds is 5. The normalized spacial score (nSPS) is 32.8. The van der Waals surface area contributed by atoms with Crippen LogP contribution in [0.3, 0.4) is 0 Å². The van der Waals surface area contributed by atoms with Gasteiger partial charge in [-0.2, -0.15) is 0 Å². The van der Waals surface area contributed by atoms with E-state index in [-0.39, 0.29) is 0 Å². The number of hydrogen-bond acceptors (Lipinski definition) is 4. The summed E-state index contributed by atoms with van der Waals surface area (Å²) in [7, 11) is 1.80. The summed E-state index contributed by atoms with van der Waals surface area (Å²) in [6.07, 6.45) is 3.89. The van der Waals surface area contributed by atoms with Crippen molar-refractivity contribution < 1.29 is 9.47 Å². The Labute approximate surface area is 104 Å². The van der Waals surface area contributed by atoms with Crippen LogP contribution in [0.4, 0.5) is 0 Å². The molecule has 0 saturated carbocycles. The lowest BCUT2D eigenvalue weighted by Crippen LogP contribution is -2.41. The molecule has 2 rings (SSSR count). The van der Waals surface area contributed by atoms with Gasteiger partial charge in [0.1, 0.15) is 0 Å². The van der Waals surface area contributed by atoms with Gasteiger partial charge in [0.2, 0.25) is 0 Å². The van der Waals surface area contributed by atoms with Crippen molar-refractivity contribution in [3.63, 3.8) is 0 Å². The van der Waals surface area contributed by atoms with E-state index in [4.69, 9.17) is 9.47 Å². The highest BCUT2D eigenvalue weighted by molar-refractivity contribution is 4.85. The Morgan fingerprint density at radius 1 is 1.41 bits per heavy atom. The first-order chi connectivity index (χ1) is 8.22. The standard InChI is InChI=1S/C13H26N2O2/c1-13(3-5-17-6-4-13)10-14-8-11-7-12(16-2)9-15-11/h11-12,14-15H,3-10H2,1-2H3. The van der Waals surface area contributed by atoms with Gasteiger partial charge in [0.25, 0.3) is 0 Å². The lowest BCUT2D eigenvalue weighted by molar-refractivity contribution is 0.0240. The molecular weight excluding hydrogens is 216 g/mol. The Kier molecular flexibility index (Phi) is 4.79. The predicted molar refractivity (Wildman–Crippen MR) is 68.2 cm³/mol. The second kappa shape index (κ2) is 6.14. The molecule has 100 valence electrons. The molecule has 0 spiro atoms. The average Bonchev–Trinajstić information content (AvgIpc) is 2.78. The molecule has 2 aliphatic rings. The van der Waals surface area contributed by atoms with E-state index >= 15 is 0 Å². The van der Waals surface area contributed by atoms with Crippen LogP contribution in [-0.4, -0.2) is 52.1 Å². The second-order valence-corrected chi connectivity index (χ2v) is 5.75. The van der Waals surface area contributed by atoms with Crippen LogP contribution in [0.15, 0.2) is 0 Å². The highest BCUT2D eigenvalue weighted by atomic mass is 16.5. The predicted octanol–water partition coefficient (Wildman–Crippen LogP) is 0.770. The molecule has 0 aromatic heterocycles. The summed E-state index contributed by atoms with van der Waals surface area (Å²) in [5.41, 5.74) is 0.428. The molecule has 2 N–H and O–H groups in total. The molecule has 0 radical (unpaired) electrons. The maximum atomic E-state index is 5.42. The fraction of sp³-hybridized carbons (Fsp3) is 1.00. The second-order valence-electron chi connectivity index (χ2n) is 5.75. The zero-order chi connectivity index (χ0) is 12.1. The summed E-state index contributed by atoms with van der Waals surface area (Å²) < 4.78 is 10.8. The van der Waals surface area contributed by atoms with Crippen molar-refractivity contribution in [3.05, 3.63) is 0 Å². The minimum atomic E-state index is 0.403. The van der Waals surface area contributed by atoms with E-state index in [9.17, 15) is 0 Å². The minimum absolute atomic E-state index is 0.403. The van der Waals surface area contributed by atoms with Crippen molar-refractivity contribution in [2.24, 2.45) is 5.41 Å². The zero-order valence-electron chi connectivity index (χ0n) is 11.1. The topological polar surface area (TPSA) is 42.5 Å². The fourth-order valence-corrected chi connectivity index (χ4v) is 2.71. The summed E-state index contributed by atoms with van der Waals surface area (Å²) >= 11 is 0. The highest BCUT2D eigenvalue weighted by Crippen LogP contribution is 2.28. The molecule has 0 bridgehead atoms. The first-order valence-corrected chi connectivity index (χ1v) is 6.76. The number of hydrogen-bond donors (Lipinski definition) is 2. The smallest absolute Gasteiger partial charge is 0.0711 e. The molecule has 2 aliphatic heterocycles. The van der Waals surface area contributed by atoms with E-state index in [1.807, 2.05) is 0 Å². The molecule has 4 heteroatoms. The van der Waals surface area contributed by atoms with Gasteiger partial charge in [0.05, 0.1) is 6.10 Å². The third-order valence-corrected chi connectivity index (χ3v) is 4.16. The lowest BCUT2D eigenvalue weighted by atomic mass is 9.82. The summed E-state index contributed by atoms with van der Waals surface area (Å²) in [5.74, 6) is 0. The fourth-order valence-electron chi connectivity index (χ4n) is 2.71. The van der Waals surface area contributed by atoms with Crippen LogP contribution < -0.4 is 10.6 Å². The summed E-state index contributed by atoms with van der Waals surface area (Å²) in [5, 5.41) is 7.10. The molecule has 17 heavy (non-hydrogen) atoms. The van der Waals surface area contributed by atoms with Gasteiger partial charge < -0.3 is 20.1 Å². The van der Waals surface area contributed by atoms with Crippen molar-refractivity contribution in [2.45, 2.75) is 38.3 Å². The molecule has 2 atom stereocenters. The summed E-state index contributed by atoms with van der Waals surface area (Å²) in [6.45, 7) is 7.36. The van der Waals surface area contributed by atoms with Crippen LogP contribution in [0, 0.1) is 5.41 Å². The maximum absolute atomic E-state index is 5.42. The van der Waals surface area contributed by atoms with Gasteiger partial charge in [0, 0.05) is 46.0 Å². The van der Waals surface area contributed by atoms with Gasteiger partial charge in [-0.15, -0.1) is 0 Å². The number of ether oxygens (including phenoxy) is 2. The molecule has 2 saturated heterocycles. The third kappa shape index (κ3) is 3.91. The molecule has 4 nitrogen and oxygen atoms in total. The largest absolute Gasteiger partial charge is 0.381 e. The van der Waals surface area contributed by atoms with Crippen LogP contribution in [0.5, 0.6) is 0 Å².